The van der Waals surface area contributed by atoms with Crippen LogP contribution in [0.5, 0.6) is 0 Å². The highest BCUT2D eigenvalue weighted by molar-refractivity contribution is 5.87. The Bertz CT molecular complexity index is 547. The van der Waals surface area contributed by atoms with E-state index in [1.54, 1.807) is 11.8 Å². The van der Waals surface area contributed by atoms with Crippen LogP contribution < -0.4 is 5.32 Å². The van der Waals surface area contributed by atoms with E-state index >= 15 is 0 Å². The molecule has 23 heavy (non-hydrogen) atoms. The quantitative estimate of drug-likeness (QED) is 0.873. The minimum Gasteiger partial charge on any atom is -0.350 e. The van der Waals surface area contributed by atoms with E-state index < -0.39 is 6.04 Å². The number of aryl methyl sites for hydroxylation is 1. The Kier molecular flexibility index (Phi) is 6.79. The summed E-state index contributed by atoms with van der Waals surface area (Å²) in [5, 5.41) is 2.96. The molecule has 0 aromatic heterocycles. The molecule has 0 heterocycles. The van der Waals surface area contributed by atoms with Gasteiger partial charge in [0.2, 0.25) is 11.8 Å². The third kappa shape index (κ3) is 6.43. The molecule has 0 saturated heterocycles. The predicted molar refractivity (Wildman–Crippen MR) is 94.0 cm³/mol. The molecule has 1 unspecified atom stereocenters. The van der Waals surface area contributed by atoms with Crippen LogP contribution in [0.15, 0.2) is 24.3 Å². The largest absolute Gasteiger partial charge is 0.350 e. The van der Waals surface area contributed by atoms with E-state index in [-0.39, 0.29) is 17.4 Å². The Morgan fingerprint density at radius 1 is 1.26 bits per heavy atom. The minimum atomic E-state index is -0.492. The van der Waals surface area contributed by atoms with E-state index in [1.807, 2.05) is 52.8 Å². The molecule has 1 rings (SSSR count). The van der Waals surface area contributed by atoms with E-state index in [0.717, 1.165) is 17.5 Å². The second kappa shape index (κ2) is 8.14. The molecule has 4 nitrogen and oxygen atoms in total. The minimum absolute atomic E-state index is 0.0190. The van der Waals surface area contributed by atoms with Gasteiger partial charge in [0.05, 0.1) is 0 Å². The van der Waals surface area contributed by atoms with Crippen molar-refractivity contribution in [1.29, 1.82) is 0 Å². The molecule has 0 fully saturated rings. The van der Waals surface area contributed by atoms with Crippen LogP contribution in [-0.2, 0) is 16.1 Å². The maximum atomic E-state index is 12.5. The zero-order valence-electron chi connectivity index (χ0n) is 15.3. The summed E-state index contributed by atoms with van der Waals surface area (Å²) in [6.45, 7) is 12.1. The molecule has 0 aliphatic carbocycles. The van der Waals surface area contributed by atoms with Crippen LogP contribution in [0.2, 0.25) is 0 Å². The molecule has 1 aromatic carbocycles. The highest BCUT2D eigenvalue weighted by atomic mass is 16.2. The van der Waals surface area contributed by atoms with Crippen molar-refractivity contribution in [2.24, 2.45) is 0 Å². The molecule has 0 saturated carbocycles. The van der Waals surface area contributed by atoms with E-state index in [2.05, 4.69) is 11.4 Å². The molecular weight excluding hydrogens is 288 g/mol. The average molecular weight is 318 g/mol. The number of nitrogens with zero attached hydrogens (tertiary/aromatic N) is 1. The Morgan fingerprint density at radius 2 is 1.91 bits per heavy atom. The number of amides is 2. The summed E-state index contributed by atoms with van der Waals surface area (Å²) in [5.74, 6) is -0.0971. The van der Waals surface area contributed by atoms with Gasteiger partial charge in [0.25, 0.3) is 0 Å². The van der Waals surface area contributed by atoms with Crippen LogP contribution in [0.1, 0.15) is 58.6 Å². The van der Waals surface area contributed by atoms with Gasteiger partial charge in [-0.05, 0) is 46.6 Å². The van der Waals surface area contributed by atoms with Crippen LogP contribution in [0.3, 0.4) is 0 Å². The first-order valence-corrected chi connectivity index (χ1v) is 8.31. The normalized spacial score (nSPS) is 12.6. The maximum absolute atomic E-state index is 12.5. The molecule has 0 aliphatic rings. The third-order valence-electron chi connectivity index (χ3n) is 3.56. The van der Waals surface area contributed by atoms with E-state index in [1.165, 1.54) is 0 Å². The summed E-state index contributed by atoms with van der Waals surface area (Å²) < 4.78 is 0. The van der Waals surface area contributed by atoms with Crippen molar-refractivity contribution in [3.63, 3.8) is 0 Å². The summed E-state index contributed by atoms with van der Waals surface area (Å²) in [4.78, 5) is 26.6. The summed E-state index contributed by atoms with van der Waals surface area (Å²) in [6.07, 6.45) is 1.23. The average Bonchev–Trinajstić information content (AvgIpc) is 2.42. The van der Waals surface area contributed by atoms with Gasteiger partial charge in [-0.1, -0.05) is 36.8 Å². The smallest absolute Gasteiger partial charge is 0.242 e. The van der Waals surface area contributed by atoms with Crippen molar-refractivity contribution in [2.45, 2.75) is 72.5 Å². The summed E-state index contributed by atoms with van der Waals surface area (Å²) in [7, 11) is 0. The SMILES string of the molecule is CCCC(=O)N(Cc1cccc(C)c1)C(C)C(=O)NC(C)(C)C. The monoisotopic (exact) mass is 318 g/mol. The van der Waals surface area contributed by atoms with Crippen LogP contribution in [0.4, 0.5) is 0 Å². The second-order valence-corrected chi connectivity index (χ2v) is 7.18. The Labute approximate surface area is 140 Å². The molecular formula is C19H30N2O2. The Hall–Kier alpha value is -1.84. The van der Waals surface area contributed by atoms with Crippen LogP contribution in [-0.4, -0.2) is 28.3 Å². The number of hydrogen-bond acceptors (Lipinski definition) is 2. The second-order valence-electron chi connectivity index (χ2n) is 7.18. The van der Waals surface area contributed by atoms with Gasteiger partial charge in [0, 0.05) is 18.5 Å². The van der Waals surface area contributed by atoms with Crippen molar-refractivity contribution >= 4 is 11.8 Å². The fourth-order valence-electron chi connectivity index (χ4n) is 2.42. The molecule has 0 aliphatic heterocycles. The van der Waals surface area contributed by atoms with Crippen LogP contribution >= 0.6 is 0 Å². The number of nitrogens with one attached hydrogen (secondary N) is 1. The lowest BCUT2D eigenvalue weighted by Crippen LogP contribution is -2.52. The molecule has 1 atom stereocenters. The van der Waals surface area contributed by atoms with Crippen LogP contribution in [0, 0.1) is 6.92 Å². The summed E-state index contributed by atoms with van der Waals surface area (Å²) >= 11 is 0. The molecule has 0 bridgehead atoms. The standard InChI is InChI=1S/C19H30N2O2/c1-7-9-17(22)21(13-16-11-8-10-14(2)12-16)15(3)18(23)20-19(4,5)6/h8,10-12,15H,7,9,13H2,1-6H3,(H,20,23). The molecule has 2 amide bonds. The van der Waals surface area contributed by atoms with Gasteiger partial charge in [0.1, 0.15) is 6.04 Å². The molecule has 0 spiro atoms. The number of carbonyl (C=O) groups excluding carboxylic acids is 2. The maximum Gasteiger partial charge on any atom is 0.242 e. The molecule has 1 aromatic rings. The molecule has 4 heteroatoms. The van der Waals surface area contributed by atoms with Crippen molar-refractivity contribution in [3.8, 4) is 0 Å². The molecule has 128 valence electrons. The van der Waals surface area contributed by atoms with E-state index in [4.69, 9.17) is 0 Å². The molecule has 0 radical (unpaired) electrons. The van der Waals surface area contributed by atoms with E-state index in [0.29, 0.717) is 13.0 Å². The van der Waals surface area contributed by atoms with Gasteiger partial charge >= 0.3 is 0 Å². The number of carbonyl (C=O) groups is 2. The lowest BCUT2D eigenvalue weighted by Gasteiger charge is -2.31. The number of hydrogen-bond donors (Lipinski definition) is 1. The van der Waals surface area contributed by atoms with Crippen molar-refractivity contribution < 1.29 is 9.59 Å². The topological polar surface area (TPSA) is 49.4 Å². The van der Waals surface area contributed by atoms with Gasteiger partial charge in [0.15, 0.2) is 0 Å². The van der Waals surface area contributed by atoms with Gasteiger partial charge in [-0.2, -0.15) is 0 Å². The Balaban J connectivity index is 2.95. The number of benzene rings is 1. The van der Waals surface area contributed by atoms with Gasteiger partial charge in [-0.3, -0.25) is 9.59 Å². The highest BCUT2D eigenvalue weighted by Gasteiger charge is 2.27. The summed E-state index contributed by atoms with van der Waals surface area (Å²) in [5.41, 5.74) is 1.88. The Morgan fingerprint density at radius 3 is 2.43 bits per heavy atom. The highest BCUT2D eigenvalue weighted by Crippen LogP contribution is 2.14. The first-order valence-electron chi connectivity index (χ1n) is 8.31. The summed E-state index contributed by atoms with van der Waals surface area (Å²) in [6, 6.07) is 7.56. The third-order valence-corrected chi connectivity index (χ3v) is 3.56. The lowest BCUT2D eigenvalue weighted by molar-refractivity contribution is -0.141. The number of rotatable bonds is 6. The van der Waals surface area contributed by atoms with Crippen LogP contribution in [0.25, 0.3) is 0 Å². The molecule has 1 N–H and O–H groups in total. The van der Waals surface area contributed by atoms with Gasteiger partial charge in [-0.25, -0.2) is 0 Å². The fraction of sp³-hybridized carbons (Fsp3) is 0.579. The van der Waals surface area contributed by atoms with Crippen molar-refractivity contribution in [1.82, 2.24) is 10.2 Å². The van der Waals surface area contributed by atoms with Crippen molar-refractivity contribution in [3.05, 3.63) is 35.4 Å². The van der Waals surface area contributed by atoms with Gasteiger partial charge in [-0.15, -0.1) is 0 Å². The fourth-order valence-corrected chi connectivity index (χ4v) is 2.42. The first-order chi connectivity index (χ1) is 10.6. The zero-order valence-corrected chi connectivity index (χ0v) is 15.3. The predicted octanol–water partition coefficient (Wildman–Crippen LogP) is 3.43. The van der Waals surface area contributed by atoms with Crippen molar-refractivity contribution in [2.75, 3.05) is 0 Å². The first kappa shape index (κ1) is 19.2. The zero-order chi connectivity index (χ0) is 17.6. The van der Waals surface area contributed by atoms with Gasteiger partial charge < -0.3 is 10.2 Å². The lowest BCUT2D eigenvalue weighted by atomic mass is 10.1. The van der Waals surface area contributed by atoms with E-state index in [9.17, 15) is 9.59 Å².